The highest BCUT2D eigenvalue weighted by Crippen LogP contribution is 2.29. The molecule has 1 aliphatic rings. The summed E-state index contributed by atoms with van der Waals surface area (Å²) in [6.07, 6.45) is 0. The second-order valence-electron chi connectivity index (χ2n) is 4.28. The van der Waals surface area contributed by atoms with Gasteiger partial charge in [-0.2, -0.15) is 8.78 Å². The number of rotatable bonds is 4. The summed E-state index contributed by atoms with van der Waals surface area (Å²) >= 11 is 0.352. The molecule has 1 aliphatic heterocycles. The van der Waals surface area contributed by atoms with Crippen molar-refractivity contribution in [1.82, 2.24) is 4.90 Å². The zero-order chi connectivity index (χ0) is 14.5. The number of aliphatic hydroxyl groups excluding tert-OH is 1. The van der Waals surface area contributed by atoms with Crippen molar-refractivity contribution in [2.45, 2.75) is 16.7 Å². The molecule has 0 radical (unpaired) electrons. The largest absolute Gasteiger partial charge is 0.394 e. The monoisotopic (exact) mass is 303 g/mol. The molecule has 2 rings (SSSR count). The van der Waals surface area contributed by atoms with Gasteiger partial charge in [0.25, 0.3) is 11.7 Å². The number of alkyl halides is 2. The van der Waals surface area contributed by atoms with E-state index in [1.54, 1.807) is 12.1 Å². The lowest BCUT2D eigenvalue weighted by atomic mass is 10.1. The molecule has 0 spiro atoms. The molecule has 1 atom stereocenters. The summed E-state index contributed by atoms with van der Waals surface area (Å²) in [6, 6.07) is 5.84. The highest BCUT2D eigenvalue weighted by atomic mass is 32.2. The van der Waals surface area contributed by atoms with Gasteiger partial charge < -0.3 is 14.7 Å². The third-order valence-corrected chi connectivity index (χ3v) is 3.82. The molecule has 1 heterocycles. The molecule has 0 aliphatic carbocycles. The SMILES string of the molecule is O=C(c1ccccc1SC(F)F)N1CCOCC1CO. The summed E-state index contributed by atoms with van der Waals surface area (Å²) in [7, 11) is 0. The van der Waals surface area contributed by atoms with E-state index in [2.05, 4.69) is 0 Å². The van der Waals surface area contributed by atoms with Crippen molar-refractivity contribution in [3.63, 3.8) is 0 Å². The Hall–Kier alpha value is -1.18. The molecule has 20 heavy (non-hydrogen) atoms. The van der Waals surface area contributed by atoms with Gasteiger partial charge in [0.15, 0.2) is 0 Å². The number of hydrogen-bond acceptors (Lipinski definition) is 4. The second kappa shape index (κ2) is 7.01. The van der Waals surface area contributed by atoms with Gasteiger partial charge in [-0.05, 0) is 12.1 Å². The number of thioether (sulfide) groups is 1. The van der Waals surface area contributed by atoms with Gasteiger partial charge in [-0.25, -0.2) is 0 Å². The number of aliphatic hydroxyl groups is 1. The maximum Gasteiger partial charge on any atom is 0.288 e. The highest BCUT2D eigenvalue weighted by molar-refractivity contribution is 7.99. The molecular weight excluding hydrogens is 288 g/mol. The van der Waals surface area contributed by atoms with Crippen LogP contribution in [0.3, 0.4) is 0 Å². The van der Waals surface area contributed by atoms with Crippen LogP contribution in [0.2, 0.25) is 0 Å². The summed E-state index contributed by atoms with van der Waals surface area (Å²) in [6.45, 7) is 0.770. The van der Waals surface area contributed by atoms with Gasteiger partial charge in [-0.15, -0.1) is 0 Å². The van der Waals surface area contributed by atoms with Crippen LogP contribution in [0.25, 0.3) is 0 Å². The van der Waals surface area contributed by atoms with Crippen LogP contribution in [0.15, 0.2) is 29.2 Å². The highest BCUT2D eigenvalue weighted by Gasteiger charge is 2.29. The number of halogens is 2. The van der Waals surface area contributed by atoms with Crippen molar-refractivity contribution < 1.29 is 23.4 Å². The number of nitrogens with zero attached hydrogens (tertiary/aromatic N) is 1. The molecular formula is C13H15F2NO3S. The Morgan fingerprint density at radius 2 is 2.25 bits per heavy atom. The van der Waals surface area contributed by atoms with Crippen molar-refractivity contribution in [2.75, 3.05) is 26.4 Å². The smallest absolute Gasteiger partial charge is 0.288 e. The molecule has 0 bridgehead atoms. The van der Waals surface area contributed by atoms with E-state index in [0.29, 0.717) is 24.9 Å². The first-order chi connectivity index (χ1) is 9.63. The van der Waals surface area contributed by atoms with Crippen LogP contribution in [0.1, 0.15) is 10.4 Å². The number of morpholine rings is 1. The molecule has 1 aromatic carbocycles. The van der Waals surface area contributed by atoms with Crippen LogP contribution in [-0.4, -0.2) is 54.1 Å². The van der Waals surface area contributed by atoms with Crippen molar-refractivity contribution in [3.8, 4) is 0 Å². The number of carbonyl (C=O) groups is 1. The lowest BCUT2D eigenvalue weighted by Crippen LogP contribution is -2.50. The minimum Gasteiger partial charge on any atom is -0.394 e. The van der Waals surface area contributed by atoms with Crippen LogP contribution in [0.5, 0.6) is 0 Å². The van der Waals surface area contributed by atoms with E-state index in [0.717, 1.165) is 0 Å². The molecule has 1 N–H and O–H groups in total. The molecule has 0 saturated carbocycles. The average Bonchev–Trinajstić information content (AvgIpc) is 2.46. The third-order valence-electron chi connectivity index (χ3n) is 3.03. The zero-order valence-electron chi connectivity index (χ0n) is 10.7. The summed E-state index contributed by atoms with van der Waals surface area (Å²) in [5.41, 5.74) is 0.234. The maximum atomic E-state index is 12.5. The van der Waals surface area contributed by atoms with Gasteiger partial charge >= 0.3 is 0 Å². The Bertz CT molecular complexity index is 473. The first-order valence-electron chi connectivity index (χ1n) is 6.17. The molecule has 7 heteroatoms. The summed E-state index contributed by atoms with van der Waals surface area (Å²) in [5.74, 6) is -2.93. The number of ether oxygens (including phenoxy) is 1. The van der Waals surface area contributed by atoms with Crippen molar-refractivity contribution in [2.24, 2.45) is 0 Å². The second-order valence-corrected chi connectivity index (χ2v) is 5.32. The molecule has 4 nitrogen and oxygen atoms in total. The molecule has 110 valence electrons. The summed E-state index contributed by atoms with van der Waals surface area (Å²) in [4.78, 5) is 14.2. The van der Waals surface area contributed by atoms with E-state index in [1.807, 2.05) is 0 Å². The van der Waals surface area contributed by atoms with Crippen LogP contribution in [-0.2, 0) is 4.74 Å². The van der Waals surface area contributed by atoms with Gasteiger partial charge in [0.05, 0.1) is 31.4 Å². The minimum absolute atomic E-state index is 0.212. The van der Waals surface area contributed by atoms with Gasteiger partial charge in [-0.1, -0.05) is 23.9 Å². The number of hydrogen-bond donors (Lipinski definition) is 1. The lowest BCUT2D eigenvalue weighted by molar-refractivity contribution is -0.0185. The van der Waals surface area contributed by atoms with Gasteiger partial charge in [0.1, 0.15) is 0 Å². The van der Waals surface area contributed by atoms with Gasteiger partial charge in [0.2, 0.25) is 0 Å². The maximum absolute atomic E-state index is 12.5. The number of benzene rings is 1. The number of amides is 1. The molecule has 1 saturated heterocycles. The van der Waals surface area contributed by atoms with Crippen LogP contribution in [0, 0.1) is 0 Å². The fourth-order valence-corrected chi connectivity index (χ4v) is 2.70. The fraction of sp³-hybridized carbons (Fsp3) is 0.462. The lowest BCUT2D eigenvalue weighted by Gasteiger charge is -2.34. The van der Waals surface area contributed by atoms with Gasteiger partial charge in [0, 0.05) is 11.4 Å². The normalized spacial score (nSPS) is 19.4. The van der Waals surface area contributed by atoms with Crippen molar-refractivity contribution in [3.05, 3.63) is 29.8 Å². The van der Waals surface area contributed by atoms with Gasteiger partial charge in [-0.3, -0.25) is 4.79 Å². The molecule has 1 amide bonds. The third kappa shape index (κ3) is 3.47. The summed E-state index contributed by atoms with van der Waals surface area (Å²) < 4.78 is 30.3. The standard InChI is InChI=1S/C13H15F2NO3S/c14-13(15)20-11-4-2-1-3-10(11)12(18)16-5-6-19-8-9(16)7-17/h1-4,9,13,17H,5-8H2. The summed E-state index contributed by atoms with van der Waals surface area (Å²) in [5, 5.41) is 9.27. The minimum atomic E-state index is -2.58. The Balaban J connectivity index is 2.23. The zero-order valence-corrected chi connectivity index (χ0v) is 11.5. The van der Waals surface area contributed by atoms with E-state index in [9.17, 15) is 18.7 Å². The Labute approximate surface area is 119 Å². The topological polar surface area (TPSA) is 49.8 Å². The molecule has 1 unspecified atom stereocenters. The van der Waals surface area contributed by atoms with Crippen molar-refractivity contribution in [1.29, 1.82) is 0 Å². The van der Waals surface area contributed by atoms with Crippen LogP contribution < -0.4 is 0 Å². The molecule has 1 fully saturated rings. The Morgan fingerprint density at radius 3 is 2.95 bits per heavy atom. The van der Waals surface area contributed by atoms with E-state index >= 15 is 0 Å². The predicted molar refractivity (Wildman–Crippen MR) is 71.0 cm³/mol. The van der Waals surface area contributed by atoms with E-state index < -0.39 is 11.8 Å². The first-order valence-corrected chi connectivity index (χ1v) is 7.05. The van der Waals surface area contributed by atoms with Crippen LogP contribution in [0.4, 0.5) is 8.78 Å². The van der Waals surface area contributed by atoms with Crippen molar-refractivity contribution >= 4 is 17.7 Å². The molecule has 1 aromatic rings. The molecule has 0 aromatic heterocycles. The number of carbonyl (C=O) groups excluding carboxylic acids is 1. The quantitative estimate of drug-likeness (QED) is 0.862. The van der Waals surface area contributed by atoms with E-state index in [1.165, 1.54) is 17.0 Å². The Kier molecular flexibility index (Phi) is 5.33. The Morgan fingerprint density at radius 1 is 1.50 bits per heavy atom. The average molecular weight is 303 g/mol. The predicted octanol–water partition coefficient (Wildman–Crippen LogP) is 1.83. The fourth-order valence-electron chi connectivity index (χ4n) is 2.07. The first kappa shape index (κ1) is 15.2. The van der Waals surface area contributed by atoms with E-state index in [-0.39, 0.29) is 29.6 Å². The van der Waals surface area contributed by atoms with E-state index in [4.69, 9.17) is 4.74 Å². The van der Waals surface area contributed by atoms with Crippen LogP contribution >= 0.6 is 11.8 Å².